The Bertz CT molecular complexity index is 1540. The molecule has 0 fully saturated rings. The van der Waals surface area contributed by atoms with Gasteiger partial charge < -0.3 is 18.9 Å². The molecule has 11 heteroatoms. The van der Waals surface area contributed by atoms with Crippen molar-refractivity contribution in [2.45, 2.75) is 19.9 Å². The molecule has 0 amide bonds. The van der Waals surface area contributed by atoms with Crippen LogP contribution in [0.2, 0.25) is 5.02 Å². The van der Waals surface area contributed by atoms with Crippen LogP contribution >= 0.6 is 38.9 Å². The molecule has 0 aliphatic carbocycles. The molecule has 0 spiro atoms. The monoisotopic (exact) mass is 606 g/mol. The summed E-state index contributed by atoms with van der Waals surface area (Å²) in [7, 11) is 2.82. The third-order valence-corrected chi connectivity index (χ3v) is 7.40. The summed E-state index contributed by atoms with van der Waals surface area (Å²) < 4.78 is 24.3. The van der Waals surface area contributed by atoms with Crippen LogP contribution in [0.4, 0.5) is 0 Å². The second kappa shape index (κ2) is 11.5. The van der Waals surface area contributed by atoms with Crippen molar-refractivity contribution < 1.29 is 23.7 Å². The van der Waals surface area contributed by atoms with Gasteiger partial charge in [0.15, 0.2) is 22.0 Å². The lowest BCUT2D eigenvalue weighted by atomic mass is 9.97. The second-order valence-electron chi connectivity index (χ2n) is 7.77. The first-order chi connectivity index (χ1) is 17.8. The van der Waals surface area contributed by atoms with Crippen LogP contribution in [0.1, 0.15) is 31.0 Å². The predicted molar refractivity (Wildman–Crippen MR) is 146 cm³/mol. The number of hydrogen-bond donors (Lipinski definition) is 0. The van der Waals surface area contributed by atoms with E-state index >= 15 is 0 Å². The van der Waals surface area contributed by atoms with Gasteiger partial charge in [-0.25, -0.2) is 9.79 Å². The standard InChI is InChI=1S/C26H24BrClN2O6S/c1-5-35-19-8-7-15(12-20(19)36-6-2)22-16(25(32)34-4)13-29-26-30(22)24(31)21(37-26)11-14-9-17(27)23(33-3)18(28)10-14/h7-13,22H,5-6H2,1-4H3/b21-11-/t22-/m0/s1. The first-order valence-electron chi connectivity index (χ1n) is 11.3. The van der Waals surface area contributed by atoms with Crippen LogP contribution in [0.5, 0.6) is 17.2 Å². The summed E-state index contributed by atoms with van der Waals surface area (Å²) in [6, 6.07) is 8.09. The van der Waals surface area contributed by atoms with E-state index in [2.05, 4.69) is 20.9 Å². The molecular formula is C26H24BrClN2O6S. The summed E-state index contributed by atoms with van der Waals surface area (Å²) in [4.78, 5) is 31.3. The minimum absolute atomic E-state index is 0.225. The number of benzene rings is 2. The van der Waals surface area contributed by atoms with E-state index in [1.54, 1.807) is 36.4 Å². The maximum Gasteiger partial charge on any atom is 0.337 e. The van der Waals surface area contributed by atoms with E-state index < -0.39 is 12.0 Å². The van der Waals surface area contributed by atoms with Gasteiger partial charge in [-0.1, -0.05) is 29.0 Å². The zero-order chi connectivity index (χ0) is 26.7. The van der Waals surface area contributed by atoms with Crippen molar-refractivity contribution in [3.63, 3.8) is 0 Å². The molecule has 2 heterocycles. The number of ether oxygens (including phenoxy) is 4. The predicted octanol–water partition coefficient (Wildman–Crippen LogP) is 4.24. The number of hydrogen-bond acceptors (Lipinski definition) is 8. The highest BCUT2D eigenvalue weighted by molar-refractivity contribution is 9.10. The fraction of sp³-hybridized carbons (Fsp3) is 0.269. The number of fused-ring (bicyclic) bond motifs is 1. The number of nitrogens with zero attached hydrogens (tertiary/aromatic N) is 2. The number of methoxy groups -OCH3 is 2. The average molecular weight is 608 g/mol. The Morgan fingerprint density at radius 1 is 1.16 bits per heavy atom. The van der Waals surface area contributed by atoms with Gasteiger partial charge in [0.1, 0.15) is 0 Å². The summed E-state index contributed by atoms with van der Waals surface area (Å²) in [5.41, 5.74) is 1.27. The fourth-order valence-corrected chi connectivity index (χ4v) is 6.02. The molecule has 194 valence electrons. The van der Waals surface area contributed by atoms with Gasteiger partial charge in [0, 0.05) is 6.20 Å². The maximum atomic E-state index is 13.7. The molecule has 0 unspecified atom stereocenters. The van der Waals surface area contributed by atoms with E-state index in [1.807, 2.05) is 13.8 Å². The molecule has 1 aliphatic rings. The molecule has 2 aromatic carbocycles. The molecule has 3 aromatic rings. The van der Waals surface area contributed by atoms with Gasteiger partial charge in [0.2, 0.25) is 0 Å². The molecule has 1 atom stereocenters. The fourth-order valence-electron chi connectivity index (χ4n) is 4.00. The Morgan fingerprint density at radius 2 is 1.89 bits per heavy atom. The first-order valence-corrected chi connectivity index (χ1v) is 13.3. The summed E-state index contributed by atoms with van der Waals surface area (Å²) in [5.74, 6) is 1.01. The number of carbonyl (C=O) groups is 1. The van der Waals surface area contributed by atoms with Crippen molar-refractivity contribution >= 4 is 50.9 Å². The summed E-state index contributed by atoms with van der Waals surface area (Å²) in [6.45, 7) is 4.64. The number of aromatic nitrogens is 1. The topological polar surface area (TPSA) is 88.4 Å². The van der Waals surface area contributed by atoms with Gasteiger partial charge in [-0.15, -0.1) is 0 Å². The number of rotatable bonds is 8. The summed E-state index contributed by atoms with van der Waals surface area (Å²) in [6.07, 6.45) is 3.17. The molecular weight excluding hydrogens is 584 g/mol. The van der Waals surface area contributed by atoms with E-state index in [0.717, 1.165) is 0 Å². The molecule has 0 saturated heterocycles. The van der Waals surface area contributed by atoms with E-state index in [0.29, 0.717) is 60.4 Å². The lowest BCUT2D eigenvalue weighted by Gasteiger charge is -2.23. The Morgan fingerprint density at radius 3 is 2.54 bits per heavy atom. The zero-order valence-corrected chi connectivity index (χ0v) is 23.7. The molecule has 1 aliphatic heterocycles. The minimum atomic E-state index is -0.771. The van der Waals surface area contributed by atoms with Crippen LogP contribution in [-0.2, 0) is 9.53 Å². The molecule has 4 rings (SSSR count). The Labute approximate surface area is 230 Å². The summed E-state index contributed by atoms with van der Waals surface area (Å²) >= 11 is 11.0. The van der Waals surface area contributed by atoms with Crippen molar-refractivity contribution in [2.24, 2.45) is 4.99 Å². The number of carbonyl (C=O) groups excluding carboxylic acids is 1. The lowest BCUT2D eigenvalue weighted by Crippen LogP contribution is -2.39. The first kappa shape index (κ1) is 27.0. The molecule has 0 radical (unpaired) electrons. The normalized spacial score (nSPS) is 14.9. The van der Waals surface area contributed by atoms with E-state index in [9.17, 15) is 9.59 Å². The Kier molecular flexibility index (Phi) is 8.41. The van der Waals surface area contributed by atoms with Gasteiger partial charge in [-0.05, 0) is 71.2 Å². The van der Waals surface area contributed by atoms with Crippen LogP contribution < -0.4 is 29.1 Å². The van der Waals surface area contributed by atoms with Crippen LogP contribution in [0.3, 0.4) is 0 Å². The number of thiazole rings is 1. The molecule has 8 nitrogen and oxygen atoms in total. The van der Waals surface area contributed by atoms with E-state index in [4.69, 9.17) is 30.5 Å². The van der Waals surface area contributed by atoms with Gasteiger partial charge in [-0.3, -0.25) is 9.36 Å². The second-order valence-corrected chi connectivity index (χ2v) is 10.0. The highest BCUT2D eigenvalue weighted by Crippen LogP contribution is 2.36. The quantitative estimate of drug-likeness (QED) is 0.356. The van der Waals surface area contributed by atoms with Crippen LogP contribution in [0.15, 0.2) is 56.4 Å². The maximum absolute atomic E-state index is 13.7. The largest absolute Gasteiger partial charge is 0.494 e. The van der Waals surface area contributed by atoms with Gasteiger partial charge in [0.05, 0.1) is 53.1 Å². The summed E-state index contributed by atoms with van der Waals surface area (Å²) in [5, 5.41) is 0.402. The van der Waals surface area contributed by atoms with Crippen molar-refractivity contribution in [1.82, 2.24) is 4.57 Å². The molecule has 1 aromatic heterocycles. The SMILES string of the molecule is CCOc1ccc([C@H]2C(C(=O)OC)=CN=c3s/c(=C\c4cc(Cl)c(OC)c(Br)c4)c(=O)n32)cc1OCC. The zero-order valence-electron chi connectivity index (χ0n) is 20.5. The van der Waals surface area contributed by atoms with E-state index in [-0.39, 0.29) is 11.1 Å². The van der Waals surface area contributed by atoms with Crippen molar-refractivity contribution in [2.75, 3.05) is 27.4 Å². The molecule has 37 heavy (non-hydrogen) atoms. The smallest absolute Gasteiger partial charge is 0.337 e. The average Bonchev–Trinajstić information content (AvgIpc) is 3.19. The van der Waals surface area contributed by atoms with Crippen LogP contribution in [-0.4, -0.2) is 38.0 Å². The highest BCUT2D eigenvalue weighted by Gasteiger charge is 2.31. The molecule has 0 bridgehead atoms. The Hall–Kier alpha value is -3.08. The van der Waals surface area contributed by atoms with Gasteiger partial charge >= 0.3 is 5.97 Å². The van der Waals surface area contributed by atoms with Crippen LogP contribution in [0, 0.1) is 0 Å². The number of halogens is 2. The molecule has 0 saturated carbocycles. The van der Waals surface area contributed by atoms with Crippen molar-refractivity contribution in [3.05, 3.63) is 82.4 Å². The minimum Gasteiger partial charge on any atom is -0.494 e. The third kappa shape index (κ3) is 5.32. The van der Waals surface area contributed by atoms with Crippen molar-refractivity contribution in [3.8, 4) is 17.2 Å². The van der Waals surface area contributed by atoms with Crippen LogP contribution in [0.25, 0.3) is 6.08 Å². The van der Waals surface area contributed by atoms with E-state index in [1.165, 1.54) is 36.3 Å². The van der Waals surface area contributed by atoms with Crippen molar-refractivity contribution in [1.29, 1.82) is 0 Å². The Balaban J connectivity index is 1.90. The highest BCUT2D eigenvalue weighted by atomic mass is 79.9. The molecule has 0 N–H and O–H groups in total. The number of esters is 1. The third-order valence-electron chi connectivity index (χ3n) is 5.53. The van der Waals surface area contributed by atoms with Gasteiger partial charge in [-0.2, -0.15) is 0 Å². The lowest BCUT2D eigenvalue weighted by molar-refractivity contribution is -0.136. The van der Waals surface area contributed by atoms with Gasteiger partial charge in [0.25, 0.3) is 5.56 Å².